The second kappa shape index (κ2) is 10.0. The van der Waals surface area contributed by atoms with Gasteiger partial charge in [-0.3, -0.25) is 15.1 Å². The lowest BCUT2D eigenvalue weighted by molar-refractivity contribution is 0.489. The summed E-state index contributed by atoms with van der Waals surface area (Å²) in [4.78, 5) is 16.9. The van der Waals surface area contributed by atoms with Gasteiger partial charge < -0.3 is 10.3 Å². The van der Waals surface area contributed by atoms with Crippen molar-refractivity contribution in [2.45, 2.75) is 32.2 Å². The van der Waals surface area contributed by atoms with Crippen LogP contribution in [0.1, 0.15) is 31.2 Å². The third kappa shape index (κ3) is 4.57. The summed E-state index contributed by atoms with van der Waals surface area (Å²) >= 11 is 0. The molecule has 0 unspecified atom stereocenters. The molecule has 5 aromatic heterocycles. The number of hydrogen-bond acceptors (Lipinski definition) is 5. The monoisotopic (exact) mass is 517 g/mol. The molecular formula is C31H28FN7. The Kier molecular flexibility index (Phi) is 6.09. The summed E-state index contributed by atoms with van der Waals surface area (Å²) in [6.45, 7) is 1.87. The molecule has 7 rings (SSSR count). The van der Waals surface area contributed by atoms with Crippen molar-refractivity contribution in [1.82, 2.24) is 35.5 Å². The number of H-pyrrole nitrogens is 2. The van der Waals surface area contributed by atoms with Gasteiger partial charge in [-0.25, -0.2) is 9.37 Å². The number of fused-ring (bicyclic) bond motifs is 2. The highest BCUT2D eigenvalue weighted by Gasteiger charge is 2.17. The number of aromatic amines is 2. The lowest BCUT2D eigenvalue weighted by atomic mass is 10.0. The van der Waals surface area contributed by atoms with E-state index in [0.717, 1.165) is 68.9 Å². The first-order valence-corrected chi connectivity index (χ1v) is 13.4. The second-order valence-electron chi connectivity index (χ2n) is 10.4. The summed E-state index contributed by atoms with van der Waals surface area (Å²) in [5.74, 6) is 0.524. The predicted octanol–water partition coefficient (Wildman–Crippen LogP) is 6.65. The third-order valence-corrected chi connectivity index (χ3v) is 7.75. The predicted molar refractivity (Wildman–Crippen MR) is 151 cm³/mol. The molecule has 6 aromatic rings. The van der Waals surface area contributed by atoms with E-state index in [9.17, 15) is 4.39 Å². The molecule has 1 aliphatic carbocycles. The highest BCUT2D eigenvalue weighted by Crippen LogP contribution is 2.35. The maximum atomic E-state index is 14.6. The van der Waals surface area contributed by atoms with Crippen LogP contribution in [-0.2, 0) is 6.54 Å². The van der Waals surface area contributed by atoms with Crippen molar-refractivity contribution >= 4 is 21.9 Å². The van der Waals surface area contributed by atoms with E-state index in [1.165, 1.54) is 31.7 Å². The fraction of sp³-hybridized carbons (Fsp3) is 0.226. The van der Waals surface area contributed by atoms with Gasteiger partial charge in [0, 0.05) is 64.4 Å². The zero-order valence-corrected chi connectivity index (χ0v) is 21.4. The number of aromatic nitrogens is 6. The number of halogens is 1. The van der Waals surface area contributed by atoms with E-state index in [0.29, 0.717) is 11.2 Å². The van der Waals surface area contributed by atoms with Crippen molar-refractivity contribution in [2.24, 2.45) is 5.92 Å². The third-order valence-electron chi connectivity index (χ3n) is 7.75. The van der Waals surface area contributed by atoms with Gasteiger partial charge in [-0.15, -0.1) is 0 Å². The van der Waals surface area contributed by atoms with Crippen LogP contribution < -0.4 is 5.32 Å². The largest absolute Gasteiger partial charge is 0.352 e. The van der Waals surface area contributed by atoms with Crippen LogP contribution >= 0.6 is 0 Å². The second-order valence-corrected chi connectivity index (χ2v) is 10.4. The minimum absolute atomic E-state index is 0.278. The first-order valence-electron chi connectivity index (χ1n) is 13.4. The number of hydrogen-bond donors (Lipinski definition) is 3. The zero-order valence-electron chi connectivity index (χ0n) is 21.4. The fourth-order valence-electron chi connectivity index (χ4n) is 5.72. The van der Waals surface area contributed by atoms with Crippen LogP contribution in [0.15, 0.2) is 73.4 Å². The highest BCUT2D eigenvalue weighted by molar-refractivity contribution is 6.00. The van der Waals surface area contributed by atoms with Crippen LogP contribution in [0.5, 0.6) is 0 Å². The summed E-state index contributed by atoms with van der Waals surface area (Å²) in [5.41, 5.74) is 7.49. The van der Waals surface area contributed by atoms with Crippen molar-refractivity contribution in [3.8, 4) is 33.6 Å². The van der Waals surface area contributed by atoms with Crippen LogP contribution in [0, 0.1) is 11.7 Å². The Hall–Kier alpha value is -4.43. The molecule has 0 aliphatic heterocycles. The van der Waals surface area contributed by atoms with Crippen LogP contribution in [0.3, 0.4) is 0 Å². The molecule has 5 heterocycles. The normalized spacial score (nSPS) is 14.1. The molecule has 1 aromatic carbocycles. The Balaban J connectivity index is 1.21. The number of benzene rings is 1. The molecule has 0 spiro atoms. The Bertz CT molecular complexity index is 1780. The van der Waals surface area contributed by atoms with E-state index >= 15 is 0 Å². The molecule has 0 saturated heterocycles. The van der Waals surface area contributed by atoms with Crippen LogP contribution in [0.2, 0.25) is 0 Å². The molecule has 0 bridgehead atoms. The average molecular weight is 518 g/mol. The van der Waals surface area contributed by atoms with E-state index in [1.807, 2.05) is 30.7 Å². The number of rotatable bonds is 7. The SMILES string of the molecule is Fc1ccccc1-c1cncc2[nH]c(-c3[nH]nc4ncc(-c5cncc(CNCC6CCCC6)c5)cc34)cc12. The molecular weight excluding hydrogens is 489 g/mol. The van der Waals surface area contributed by atoms with Gasteiger partial charge in [-0.1, -0.05) is 31.0 Å². The summed E-state index contributed by atoms with van der Waals surface area (Å²) in [7, 11) is 0. The standard InChI is InChI=1S/C31H28FN7/c32-27-8-4-3-7-23(27)26-17-35-18-29-24(26)11-28(37-29)30-25-10-22(16-36-31(25)39-38-30)21-9-20(14-34-15-21)13-33-12-19-5-1-2-6-19/h3-4,7-11,14-19,33,37H,1-2,5-6,12-13H2,(H,36,38,39). The summed E-state index contributed by atoms with van der Waals surface area (Å²) < 4.78 is 14.6. The van der Waals surface area contributed by atoms with Gasteiger partial charge in [0.15, 0.2) is 5.65 Å². The molecule has 39 heavy (non-hydrogen) atoms. The van der Waals surface area contributed by atoms with Crippen molar-refractivity contribution in [2.75, 3.05) is 6.54 Å². The van der Waals surface area contributed by atoms with Gasteiger partial charge in [0.25, 0.3) is 0 Å². The maximum Gasteiger partial charge on any atom is 0.181 e. The van der Waals surface area contributed by atoms with Crippen molar-refractivity contribution < 1.29 is 4.39 Å². The Labute approximate surface area is 224 Å². The van der Waals surface area contributed by atoms with Gasteiger partial charge in [0.05, 0.1) is 23.1 Å². The van der Waals surface area contributed by atoms with Crippen molar-refractivity contribution in [3.63, 3.8) is 0 Å². The van der Waals surface area contributed by atoms with Gasteiger partial charge in [-0.05, 0) is 55.1 Å². The molecule has 0 radical (unpaired) electrons. The fourth-order valence-corrected chi connectivity index (χ4v) is 5.72. The smallest absolute Gasteiger partial charge is 0.181 e. The first kappa shape index (κ1) is 23.7. The molecule has 8 heteroatoms. The molecule has 7 nitrogen and oxygen atoms in total. The average Bonchev–Trinajstić information content (AvgIpc) is 3.73. The molecule has 1 fully saturated rings. The summed E-state index contributed by atoms with van der Waals surface area (Å²) in [6.07, 6.45) is 14.5. The van der Waals surface area contributed by atoms with Gasteiger partial charge in [0.2, 0.25) is 0 Å². The molecule has 0 atom stereocenters. The van der Waals surface area contributed by atoms with E-state index < -0.39 is 0 Å². The number of nitrogens with one attached hydrogen (secondary N) is 3. The Morgan fingerprint density at radius 1 is 0.872 bits per heavy atom. The van der Waals surface area contributed by atoms with Crippen LogP contribution in [-0.4, -0.2) is 36.7 Å². The van der Waals surface area contributed by atoms with Crippen LogP contribution in [0.25, 0.3) is 55.6 Å². The van der Waals surface area contributed by atoms with E-state index in [2.05, 4.69) is 47.6 Å². The lowest BCUT2D eigenvalue weighted by Gasteiger charge is -2.11. The molecule has 1 aliphatic rings. The quantitative estimate of drug-likeness (QED) is 0.220. The minimum Gasteiger partial charge on any atom is -0.352 e. The molecule has 194 valence electrons. The molecule has 1 saturated carbocycles. The first-order chi connectivity index (χ1) is 19.2. The summed E-state index contributed by atoms with van der Waals surface area (Å²) in [6, 6.07) is 13.0. The van der Waals surface area contributed by atoms with Crippen molar-refractivity contribution in [3.05, 3.63) is 84.8 Å². The minimum atomic E-state index is -0.278. The topological polar surface area (TPSA) is 95.2 Å². The highest BCUT2D eigenvalue weighted by atomic mass is 19.1. The van der Waals surface area contributed by atoms with E-state index in [-0.39, 0.29) is 5.82 Å². The van der Waals surface area contributed by atoms with Gasteiger partial charge in [0.1, 0.15) is 5.82 Å². The van der Waals surface area contributed by atoms with Crippen LogP contribution in [0.4, 0.5) is 4.39 Å². The van der Waals surface area contributed by atoms with Gasteiger partial charge in [-0.2, -0.15) is 5.10 Å². The lowest BCUT2D eigenvalue weighted by Crippen LogP contribution is -2.20. The Morgan fingerprint density at radius 2 is 1.72 bits per heavy atom. The van der Waals surface area contributed by atoms with Gasteiger partial charge >= 0.3 is 0 Å². The molecule has 3 N–H and O–H groups in total. The molecule has 0 amide bonds. The Morgan fingerprint density at radius 3 is 2.62 bits per heavy atom. The summed E-state index contributed by atoms with van der Waals surface area (Å²) in [5, 5.41) is 13.0. The van der Waals surface area contributed by atoms with E-state index in [1.54, 1.807) is 24.5 Å². The zero-order chi connectivity index (χ0) is 26.2. The number of pyridine rings is 3. The van der Waals surface area contributed by atoms with Crippen molar-refractivity contribution in [1.29, 1.82) is 0 Å². The number of nitrogens with zero attached hydrogens (tertiary/aromatic N) is 4. The van der Waals surface area contributed by atoms with E-state index in [4.69, 9.17) is 0 Å². The maximum absolute atomic E-state index is 14.6.